The molecule has 162 valence electrons. The van der Waals surface area contributed by atoms with Gasteiger partial charge in [-0.1, -0.05) is 35.5 Å². The van der Waals surface area contributed by atoms with Crippen LogP contribution >= 0.6 is 0 Å². The number of aromatic nitrogens is 2. The number of benzene rings is 2. The third-order valence-electron chi connectivity index (χ3n) is 4.15. The average molecular weight is 424 g/mol. The van der Waals surface area contributed by atoms with Crippen molar-refractivity contribution in [2.24, 2.45) is 0 Å². The van der Waals surface area contributed by atoms with Gasteiger partial charge in [-0.3, -0.25) is 9.59 Å². The van der Waals surface area contributed by atoms with Crippen LogP contribution in [0.15, 0.2) is 53.1 Å². The SMILES string of the molecule is CCOc1ccc(C(=O)NCCNC(=O)c2nc(-c3ccccc3)no2)cc1OCC. The standard InChI is InChI=1S/C22H24N4O5/c1-3-29-17-11-10-16(14-18(17)30-4-2)20(27)23-12-13-24-21(28)22-25-19(26-31-22)15-8-6-5-7-9-15/h5-11,14H,3-4,12-13H2,1-2H3,(H,23,27)(H,24,28). The van der Waals surface area contributed by atoms with Crippen LogP contribution in [0.5, 0.6) is 11.5 Å². The smallest absolute Gasteiger partial charge is 0.316 e. The van der Waals surface area contributed by atoms with Crippen molar-refractivity contribution in [2.45, 2.75) is 13.8 Å². The van der Waals surface area contributed by atoms with Crippen molar-refractivity contribution in [3.8, 4) is 22.9 Å². The zero-order valence-electron chi connectivity index (χ0n) is 17.4. The molecule has 9 heteroatoms. The summed E-state index contributed by atoms with van der Waals surface area (Å²) in [6, 6.07) is 14.2. The largest absolute Gasteiger partial charge is 0.490 e. The normalized spacial score (nSPS) is 10.4. The van der Waals surface area contributed by atoms with Crippen LogP contribution in [-0.2, 0) is 0 Å². The van der Waals surface area contributed by atoms with E-state index in [1.165, 1.54) is 0 Å². The van der Waals surface area contributed by atoms with E-state index in [1.807, 2.05) is 44.2 Å². The summed E-state index contributed by atoms with van der Waals surface area (Å²) in [6.07, 6.45) is 0. The van der Waals surface area contributed by atoms with Gasteiger partial charge in [0.1, 0.15) is 0 Å². The van der Waals surface area contributed by atoms with Gasteiger partial charge >= 0.3 is 11.8 Å². The molecule has 0 aliphatic rings. The molecular formula is C22H24N4O5. The molecule has 31 heavy (non-hydrogen) atoms. The summed E-state index contributed by atoms with van der Waals surface area (Å²) in [5.41, 5.74) is 1.18. The van der Waals surface area contributed by atoms with Gasteiger partial charge in [0, 0.05) is 24.2 Å². The molecule has 0 fully saturated rings. The highest BCUT2D eigenvalue weighted by molar-refractivity contribution is 5.95. The molecule has 1 heterocycles. The fourth-order valence-electron chi connectivity index (χ4n) is 2.74. The van der Waals surface area contributed by atoms with Gasteiger partial charge in [-0.2, -0.15) is 4.98 Å². The minimum atomic E-state index is -0.511. The molecule has 0 saturated carbocycles. The maximum atomic E-state index is 12.4. The second-order valence-electron chi connectivity index (χ2n) is 6.33. The highest BCUT2D eigenvalue weighted by Crippen LogP contribution is 2.28. The van der Waals surface area contributed by atoms with E-state index in [-0.39, 0.29) is 24.9 Å². The molecule has 3 aromatic rings. The van der Waals surface area contributed by atoms with Crippen molar-refractivity contribution in [3.63, 3.8) is 0 Å². The van der Waals surface area contributed by atoms with Gasteiger partial charge in [0.05, 0.1) is 13.2 Å². The molecule has 0 saturated heterocycles. The lowest BCUT2D eigenvalue weighted by Gasteiger charge is -2.12. The van der Waals surface area contributed by atoms with E-state index in [1.54, 1.807) is 18.2 Å². The van der Waals surface area contributed by atoms with Crippen molar-refractivity contribution >= 4 is 11.8 Å². The number of carbonyl (C=O) groups excluding carboxylic acids is 2. The van der Waals surface area contributed by atoms with Crippen LogP contribution in [0, 0.1) is 0 Å². The van der Waals surface area contributed by atoms with Gasteiger partial charge in [0.2, 0.25) is 5.82 Å². The number of ether oxygens (including phenoxy) is 2. The Balaban J connectivity index is 1.49. The van der Waals surface area contributed by atoms with E-state index < -0.39 is 5.91 Å². The van der Waals surface area contributed by atoms with Gasteiger partial charge < -0.3 is 24.6 Å². The number of nitrogens with one attached hydrogen (secondary N) is 2. The monoisotopic (exact) mass is 424 g/mol. The fraction of sp³-hybridized carbons (Fsp3) is 0.273. The highest BCUT2D eigenvalue weighted by Gasteiger charge is 2.16. The Labute approximate surface area is 179 Å². The van der Waals surface area contributed by atoms with E-state index >= 15 is 0 Å². The third kappa shape index (κ3) is 5.81. The lowest BCUT2D eigenvalue weighted by Crippen LogP contribution is -2.34. The van der Waals surface area contributed by atoms with Crippen molar-refractivity contribution in [1.82, 2.24) is 20.8 Å². The Morgan fingerprint density at radius 2 is 1.58 bits per heavy atom. The second kappa shape index (κ2) is 10.8. The number of nitrogens with zero attached hydrogens (tertiary/aromatic N) is 2. The quantitative estimate of drug-likeness (QED) is 0.481. The number of rotatable bonds is 10. The van der Waals surface area contributed by atoms with E-state index in [0.717, 1.165) is 5.56 Å². The van der Waals surface area contributed by atoms with Crippen molar-refractivity contribution in [1.29, 1.82) is 0 Å². The maximum Gasteiger partial charge on any atom is 0.316 e. The lowest BCUT2D eigenvalue weighted by molar-refractivity contribution is 0.0898. The van der Waals surface area contributed by atoms with Crippen molar-refractivity contribution < 1.29 is 23.6 Å². The number of hydrogen-bond donors (Lipinski definition) is 2. The molecule has 0 aliphatic heterocycles. The van der Waals surface area contributed by atoms with Crippen LogP contribution < -0.4 is 20.1 Å². The van der Waals surface area contributed by atoms with E-state index in [0.29, 0.717) is 36.1 Å². The summed E-state index contributed by atoms with van der Waals surface area (Å²) in [5, 5.41) is 9.18. The summed E-state index contributed by atoms with van der Waals surface area (Å²) in [7, 11) is 0. The highest BCUT2D eigenvalue weighted by atomic mass is 16.5. The Morgan fingerprint density at radius 1 is 0.903 bits per heavy atom. The number of hydrogen-bond acceptors (Lipinski definition) is 7. The molecule has 0 atom stereocenters. The molecule has 2 N–H and O–H groups in total. The Morgan fingerprint density at radius 3 is 2.29 bits per heavy atom. The minimum absolute atomic E-state index is 0.141. The summed E-state index contributed by atoms with van der Waals surface area (Å²) in [6.45, 7) is 5.11. The Hall–Kier alpha value is -3.88. The van der Waals surface area contributed by atoms with Crippen molar-refractivity contribution in [2.75, 3.05) is 26.3 Å². The average Bonchev–Trinajstić information content (AvgIpc) is 3.29. The second-order valence-corrected chi connectivity index (χ2v) is 6.33. The van der Waals surface area contributed by atoms with E-state index in [4.69, 9.17) is 14.0 Å². The molecule has 0 bridgehead atoms. The zero-order chi connectivity index (χ0) is 22.1. The van der Waals surface area contributed by atoms with Crippen LogP contribution in [0.25, 0.3) is 11.4 Å². The Bertz CT molecular complexity index is 1020. The van der Waals surface area contributed by atoms with E-state index in [9.17, 15) is 9.59 Å². The van der Waals surface area contributed by atoms with Crippen LogP contribution in [0.2, 0.25) is 0 Å². The molecule has 0 unspecified atom stereocenters. The van der Waals surface area contributed by atoms with Crippen LogP contribution in [0.1, 0.15) is 34.9 Å². The first-order valence-electron chi connectivity index (χ1n) is 9.97. The first-order valence-corrected chi connectivity index (χ1v) is 9.97. The zero-order valence-corrected chi connectivity index (χ0v) is 17.4. The molecule has 0 aliphatic carbocycles. The van der Waals surface area contributed by atoms with Crippen LogP contribution in [-0.4, -0.2) is 48.3 Å². The minimum Gasteiger partial charge on any atom is -0.490 e. The molecule has 2 aromatic carbocycles. The molecule has 1 aromatic heterocycles. The van der Waals surface area contributed by atoms with Crippen molar-refractivity contribution in [3.05, 3.63) is 60.0 Å². The first kappa shape index (κ1) is 21.8. The Kier molecular flexibility index (Phi) is 7.58. The molecule has 3 rings (SSSR count). The molecule has 2 amide bonds. The van der Waals surface area contributed by atoms with Crippen LogP contribution in [0.4, 0.5) is 0 Å². The van der Waals surface area contributed by atoms with Gasteiger partial charge in [-0.15, -0.1) is 0 Å². The summed E-state index contributed by atoms with van der Waals surface area (Å²) in [5.74, 6) is 0.488. The van der Waals surface area contributed by atoms with Gasteiger partial charge in [0.15, 0.2) is 11.5 Å². The predicted molar refractivity (Wildman–Crippen MR) is 113 cm³/mol. The van der Waals surface area contributed by atoms with Crippen LogP contribution in [0.3, 0.4) is 0 Å². The molecule has 0 radical (unpaired) electrons. The first-order chi connectivity index (χ1) is 15.1. The van der Waals surface area contributed by atoms with Gasteiger partial charge in [-0.25, -0.2) is 0 Å². The third-order valence-corrected chi connectivity index (χ3v) is 4.15. The summed E-state index contributed by atoms with van der Waals surface area (Å²) < 4.78 is 16.0. The molecule has 0 spiro atoms. The number of carbonyl (C=O) groups is 2. The molecule has 9 nitrogen and oxygen atoms in total. The van der Waals surface area contributed by atoms with Gasteiger partial charge in [0.25, 0.3) is 5.91 Å². The van der Waals surface area contributed by atoms with Gasteiger partial charge in [-0.05, 0) is 32.0 Å². The lowest BCUT2D eigenvalue weighted by atomic mass is 10.2. The molecular weight excluding hydrogens is 400 g/mol. The van der Waals surface area contributed by atoms with E-state index in [2.05, 4.69) is 20.8 Å². The summed E-state index contributed by atoms with van der Waals surface area (Å²) in [4.78, 5) is 28.6. The predicted octanol–water partition coefficient (Wildman–Crippen LogP) is 2.69. The fourth-order valence-corrected chi connectivity index (χ4v) is 2.74. The maximum absolute atomic E-state index is 12.4. The number of amides is 2. The summed E-state index contributed by atoms with van der Waals surface area (Å²) >= 11 is 0. The topological polar surface area (TPSA) is 116 Å².